The molecule has 0 bridgehead atoms. The molecule has 1 unspecified atom stereocenters. The van der Waals surface area contributed by atoms with E-state index in [0.717, 1.165) is 0 Å². The Hall–Kier alpha value is -0.770. The third-order valence-corrected chi connectivity index (χ3v) is 2.10. The van der Waals surface area contributed by atoms with Crippen LogP contribution in [-0.4, -0.2) is 30.5 Å². The van der Waals surface area contributed by atoms with Gasteiger partial charge in [-0.1, -0.05) is 27.7 Å². The topological polar surface area (TPSA) is 58.6 Å². The zero-order chi connectivity index (χ0) is 11.8. The lowest BCUT2D eigenvalue weighted by Crippen LogP contribution is -2.39. The Balaban J connectivity index is 3.89. The maximum atomic E-state index is 11.3. The van der Waals surface area contributed by atoms with Crippen molar-refractivity contribution in [3.8, 4) is 0 Å². The third-order valence-electron chi connectivity index (χ3n) is 2.10. The molecule has 90 valence electrons. The van der Waals surface area contributed by atoms with Crippen molar-refractivity contribution >= 4 is 6.09 Å². The van der Waals surface area contributed by atoms with E-state index >= 15 is 0 Å². The van der Waals surface area contributed by atoms with Crippen molar-refractivity contribution in [3.05, 3.63) is 0 Å². The number of amides is 1. The van der Waals surface area contributed by atoms with E-state index in [0.29, 0.717) is 24.9 Å². The summed E-state index contributed by atoms with van der Waals surface area (Å²) in [7, 11) is 0. The minimum Gasteiger partial charge on any atom is -0.449 e. The van der Waals surface area contributed by atoms with Crippen LogP contribution in [-0.2, 0) is 4.74 Å². The highest BCUT2D eigenvalue weighted by molar-refractivity contribution is 5.67. The van der Waals surface area contributed by atoms with E-state index in [1.54, 1.807) is 0 Å². The van der Waals surface area contributed by atoms with Gasteiger partial charge in [0.15, 0.2) is 0 Å². The number of aliphatic hydroxyl groups is 1. The molecule has 1 amide bonds. The van der Waals surface area contributed by atoms with Crippen LogP contribution in [0.25, 0.3) is 0 Å². The fraction of sp³-hybridized carbons (Fsp3) is 0.909. The molecule has 0 radical (unpaired) electrons. The lowest BCUT2D eigenvalue weighted by Gasteiger charge is -2.21. The van der Waals surface area contributed by atoms with Gasteiger partial charge in [0.2, 0.25) is 0 Å². The first kappa shape index (κ1) is 14.2. The van der Waals surface area contributed by atoms with E-state index in [-0.39, 0.29) is 12.6 Å². The highest BCUT2D eigenvalue weighted by Gasteiger charge is 2.16. The quantitative estimate of drug-likeness (QED) is 0.713. The maximum absolute atomic E-state index is 11.3. The Kier molecular flexibility index (Phi) is 7.13. The second-order valence-corrected chi connectivity index (χ2v) is 4.50. The van der Waals surface area contributed by atoms with Gasteiger partial charge in [0.25, 0.3) is 0 Å². The molecule has 0 aliphatic carbocycles. The lowest BCUT2D eigenvalue weighted by atomic mass is 10.0. The van der Waals surface area contributed by atoms with Gasteiger partial charge in [0, 0.05) is 12.6 Å². The number of carbonyl (C=O) groups excluding carboxylic acids is 1. The second-order valence-electron chi connectivity index (χ2n) is 4.50. The summed E-state index contributed by atoms with van der Waals surface area (Å²) < 4.78 is 5.00. The van der Waals surface area contributed by atoms with Crippen molar-refractivity contribution in [2.75, 3.05) is 13.2 Å². The smallest absolute Gasteiger partial charge is 0.407 e. The monoisotopic (exact) mass is 217 g/mol. The zero-order valence-electron chi connectivity index (χ0n) is 10.1. The molecule has 0 aromatic rings. The molecule has 4 nitrogen and oxygen atoms in total. The SMILES string of the molecule is CC(C)COC(=O)NC(CCO)C(C)C. The van der Waals surface area contributed by atoms with Gasteiger partial charge in [-0.15, -0.1) is 0 Å². The summed E-state index contributed by atoms with van der Waals surface area (Å²) >= 11 is 0. The summed E-state index contributed by atoms with van der Waals surface area (Å²) in [6.07, 6.45) is 0.171. The molecule has 0 rings (SSSR count). The molecule has 0 saturated heterocycles. The second kappa shape index (κ2) is 7.51. The van der Waals surface area contributed by atoms with Gasteiger partial charge in [0.1, 0.15) is 0 Å². The van der Waals surface area contributed by atoms with Crippen LogP contribution < -0.4 is 5.32 Å². The molecule has 0 spiro atoms. The molecule has 4 heteroatoms. The fourth-order valence-corrected chi connectivity index (χ4v) is 1.15. The summed E-state index contributed by atoms with van der Waals surface area (Å²) in [6, 6.07) is -0.0188. The summed E-state index contributed by atoms with van der Waals surface area (Å²) in [5, 5.41) is 11.6. The summed E-state index contributed by atoms with van der Waals surface area (Å²) in [6.45, 7) is 8.48. The number of alkyl carbamates (subject to hydrolysis) is 1. The third kappa shape index (κ3) is 7.19. The minimum atomic E-state index is -0.393. The van der Waals surface area contributed by atoms with E-state index in [4.69, 9.17) is 9.84 Å². The average molecular weight is 217 g/mol. The van der Waals surface area contributed by atoms with Gasteiger partial charge < -0.3 is 15.2 Å². The molecule has 0 aliphatic heterocycles. The Morgan fingerprint density at radius 3 is 2.33 bits per heavy atom. The molecule has 2 N–H and O–H groups in total. The highest BCUT2D eigenvalue weighted by Crippen LogP contribution is 2.06. The molecule has 0 aromatic heterocycles. The van der Waals surface area contributed by atoms with Crippen LogP contribution in [0.5, 0.6) is 0 Å². The number of carbonyl (C=O) groups is 1. The average Bonchev–Trinajstić information content (AvgIpc) is 2.14. The van der Waals surface area contributed by atoms with Crippen LogP contribution in [0.15, 0.2) is 0 Å². The Morgan fingerprint density at radius 2 is 1.93 bits per heavy atom. The van der Waals surface area contributed by atoms with Crippen LogP contribution in [0.1, 0.15) is 34.1 Å². The van der Waals surface area contributed by atoms with Gasteiger partial charge in [-0.05, 0) is 18.3 Å². The lowest BCUT2D eigenvalue weighted by molar-refractivity contribution is 0.123. The number of aliphatic hydroxyl groups excluding tert-OH is 1. The first-order valence-corrected chi connectivity index (χ1v) is 5.51. The zero-order valence-corrected chi connectivity index (χ0v) is 10.1. The largest absolute Gasteiger partial charge is 0.449 e. The Morgan fingerprint density at radius 1 is 1.33 bits per heavy atom. The van der Waals surface area contributed by atoms with Crippen LogP contribution >= 0.6 is 0 Å². The van der Waals surface area contributed by atoms with Crippen LogP contribution in [0.3, 0.4) is 0 Å². The summed E-state index contributed by atoms with van der Waals surface area (Å²) in [5.74, 6) is 0.634. The molecule has 0 aromatic carbocycles. The Bertz CT molecular complexity index is 181. The number of hydrogen-bond donors (Lipinski definition) is 2. The van der Waals surface area contributed by atoms with Crippen molar-refractivity contribution in [3.63, 3.8) is 0 Å². The van der Waals surface area contributed by atoms with E-state index in [1.165, 1.54) is 0 Å². The number of rotatable bonds is 6. The minimum absolute atomic E-state index is 0.0188. The first-order chi connectivity index (χ1) is 6.97. The fourth-order valence-electron chi connectivity index (χ4n) is 1.15. The number of ether oxygens (including phenoxy) is 1. The van der Waals surface area contributed by atoms with Crippen LogP contribution in [0.4, 0.5) is 4.79 Å². The molecule has 0 fully saturated rings. The standard InChI is InChI=1S/C11H23NO3/c1-8(2)7-15-11(14)12-10(5-6-13)9(3)4/h8-10,13H,5-7H2,1-4H3,(H,12,14). The molecule has 15 heavy (non-hydrogen) atoms. The van der Waals surface area contributed by atoms with Gasteiger partial charge in [0.05, 0.1) is 6.61 Å². The van der Waals surface area contributed by atoms with E-state index in [9.17, 15) is 4.79 Å². The van der Waals surface area contributed by atoms with Gasteiger partial charge in [-0.3, -0.25) is 0 Å². The highest BCUT2D eigenvalue weighted by atomic mass is 16.5. The van der Waals surface area contributed by atoms with Crippen molar-refractivity contribution in [1.82, 2.24) is 5.32 Å². The van der Waals surface area contributed by atoms with E-state index < -0.39 is 6.09 Å². The number of hydrogen-bond acceptors (Lipinski definition) is 3. The van der Waals surface area contributed by atoms with Crippen molar-refractivity contribution in [2.24, 2.45) is 11.8 Å². The molecule has 1 atom stereocenters. The van der Waals surface area contributed by atoms with Crippen molar-refractivity contribution < 1.29 is 14.6 Å². The maximum Gasteiger partial charge on any atom is 0.407 e. The summed E-state index contributed by atoms with van der Waals surface area (Å²) in [4.78, 5) is 11.3. The predicted molar refractivity (Wildman–Crippen MR) is 59.7 cm³/mol. The van der Waals surface area contributed by atoms with Crippen molar-refractivity contribution in [2.45, 2.75) is 40.2 Å². The molecule has 0 saturated carbocycles. The van der Waals surface area contributed by atoms with Gasteiger partial charge in [-0.2, -0.15) is 0 Å². The van der Waals surface area contributed by atoms with Crippen LogP contribution in [0.2, 0.25) is 0 Å². The molecule has 0 heterocycles. The normalized spacial score (nSPS) is 13.0. The van der Waals surface area contributed by atoms with Gasteiger partial charge in [-0.25, -0.2) is 4.79 Å². The van der Waals surface area contributed by atoms with E-state index in [1.807, 2.05) is 27.7 Å². The predicted octanol–water partition coefficient (Wildman–Crippen LogP) is 1.78. The summed E-state index contributed by atoms with van der Waals surface area (Å²) in [5.41, 5.74) is 0. The van der Waals surface area contributed by atoms with Gasteiger partial charge >= 0.3 is 6.09 Å². The van der Waals surface area contributed by atoms with Crippen LogP contribution in [0, 0.1) is 11.8 Å². The first-order valence-electron chi connectivity index (χ1n) is 5.51. The van der Waals surface area contributed by atoms with E-state index in [2.05, 4.69) is 5.32 Å². The number of nitrogens with one attached hydrogen (secondary N) is 1. The molecule has 0 aliphatic rings. The molecular formula is C11H23NO3. The molecular weight excluding hydrogens is 194 g/mol. The van der Waals surface area contributed by atoms with Crippen molar-refractivity contribution in [1.29, 1.82) is 0 Å². The Labute approximate surface area is 92.0 Å².